The van der Waals surface area contributed by atoms with E-state index in [0.717, 1.165) is 37.2 Å². The number of nitrogens with zero attached hydrogens (tertiary/aromatic N) is 1. The Morgan fingerprint density at radius 1 is 1.14 bits per heavy atom. The highest BCUT2D eigenvalue weighted by molar-refractivity contribution is 6.35. The predicted molar refractivity (Wildman–Crippen MR) is 108 cm³/mol. The maximum absolute atomic E-state index is 11.2. The Morgan fingerprint density at radius 2 is 1.86 bits per heavy atom. The van der Waals surface area contributed by atoms with Gasteiger partial charge >= 0.3 is 5.97 Å². The second-order valence-corrected chi connectivity index (χ2v) is 8.86. The molecule has 0 bridgehead atoms. The number of fused-ring (bicyclic) bond motifs is 2. The van der Waals surface area contributed by atoms with Crippen LogP contribution in [0.2, 0.25) is 10.0 Å². The molecular formula is C22H21Cl2NO3. The molecule has 0 spiro atoms. The van der Waals surface area contributed by atoms with E-state index in [-0.39, 0.29) is 5.92 Å². The zero-order valence-corrected chi connectivity index (χ0v) is 16.8. The number of hydrogen-bond donors (Lipinski definition) is 1. The molecule has 1 aliphatic heterocycles. The molecule has 2 aromatic carbocycles. The van der Waals surface area contributed by atoms with E-state index in [9.17, 15) is 9.90 Å². The van der Waals surface area contributed by atoms with Crippen molar-refractivity contribution in [2.24, 2.45) is 17.8 Å². The number of aliphatic carboxylic acids is 1. The molecule has 1 saturated carbocycles. The third-order valence-corrected chi connectivity index (χ3v) is 7.26. The van der Waals surface area contributed by atoms with Gasteiger partial charge in [-0.25, -0.2) is 0 Å². The summed E-state index contributed by atoms with van der Waals surface area (Å²) in [4.78, 5) is 13.7. The number of rotatable bonds is 5. The molecular weight excluding hydrogens is 397 g/mol. The van der Waals surface area contributed by atoms with Gasteiger partial charge in [-0.15, -0.1) is 0 Å². The monoisotopic (exact) mass is 417 g/mol. The highest BCUT2D eigenvalue weighted by Gasteiger charge is 2.60. The van der Waals surface area contributed by atoms with Gasteiger partial charge in [0.25, 0.3) is 0 Å². The van der Waals surface area contributed by atoms with Gasteiger partial charge in [0.2, 0.25) is 0 Å². The molecule has 0 radical (unpaired) electrons. The Kier molecular flexibility index (Phi) is 4.53. The molecule has 2 unspecified atom stereocenters. The first-order chi connectivity index (χ1) is 13.5. The van der Waals surface area contributed by atoms with Crippen molar-refractivity contribution in [1.29, 1.82) is 0 Å². The van der Waals surface area contributed by atoms with Gasteiger partial charge < -0.3 is 9.84 Å². The summed E-state index contributed by atoms with van der Waals surface area (Å²) in [5.41, 5.74) is 3.48. The number of carboxylic acids is 1. The first-order valence-electron chi connectivity index (χ1n) is 9.68. The lowest BCUT2D eigenvalue weighted by molar-refractivity contribution is -0.139. The molecule has 2 aromatic rings. The lowest BCUT2D eigenvalue weighted by Crippen LogP contribution is -2.29. The average molecular weight is 418 g/mol. The molecule has 6 heteroatoms. The van der Waals surface area contributed by atoms with Crippen molar-refractivity contribution in [2.75, 3.05) is 13.1 Å². The van der Waals surface area contributed by atoms with Crippen LogP contribution in [-0.2, 0) is 17.8 Å². The summed E-state index contributed by atoms with van der Waals surface area (Å²) in [7, 11) is 0. The zero-order chi connectivity index (χ0) is 19.4. The van der Waals surface area contributed by atoms with E-state index in [1.54, 1.807) is 0 Å². The van der Waals surface area contributed by atoms with Crippen LogP contribution in [0.1, 0.15) is 29.2 Å². The van der Waals surface area contributed by atoms with Crippen molar-refractivity contribution in [2.45, 2.75) is 25.5 Å². The van der Waals surface area contributed by atoms with Gasteiger partial charge in [-0.3, -0.25) is 9.69 Å². The van der Waals surface area contributed by atoms with E-state index in [4.69, 9.17) is 27.9 Å². The number of halogens is 2. The van der Waals surface area contributed by atoms with Gasteiger partial charge in [0, 0.05) is 34.7 Å². The van der Waals surface area contributed by atoms with Crippen LogP contribution in [0.25, 0.3) is 0 Å². The fourth-order valence-corrected chi connectivity index (χ4v) is 5.55. The molecule has 5 rings (SSSR count). The summed E-state index contributed by atoms with van der Waals surface area (Å²) < 4.78 is 5.96. The number of hydrogen-bond acceptors (Lipinski definition) is 3. The van der Waals surface area contributed by atoms with Gasteiger partial charge in [-0.1, -0.05) is 35.3 Å². The molecule has 2 fully saturated rings. The molecule has 1 saturated heterocycles. The molecule has 0 aromatic heterocycles. The highest BCUT2D eigenvalue weighted by atomic mass is 35.5. The van der Waals surface area contributed by atoms with Crippen molar-refractivity contribution in [3.05, 3.63) is 63.1 Å². The lowest BCUT2D eigenvalue weighted by Gasteiger charge is -2.27. The second-order valence-electron chi connectivity index (χ2n) is 8.05. The maximum Gasteiger partial charge on any atom is 0.307 e. The Hall–Kier alpha value is -1.75. The summed E-state index contributed by atoms with van der Waals surface area (Å²) in [6.07, 6.45) is 2.12. The number of ether oxygens (including phenoxy) is 1. The van der Waals surface area contributed by atoms with Gasteiger partial charge in [0.05, 0.1) is 5.92 Å². The van der Waals surface area contributed by atoms with Gasteiger partial charge in [-0.05, 0) is 60.1 Å². The molecule has 28 heavy (non-hydrogen) atoms. The van der Waals surface area contributed by atoms with Crippen LogP contribution in [0.3, 0.4) is 0 Å². The molecule has 2 aliphatic carbocycles. The van der Waals surface area contributed by atoms with Crippen molar-refractivity contribution in [1.82, 2.24) is 4.90 Å². The van der Waals surface area contributed by atoms with E-state index in [0.29, 0.717) is 34.5 Å². The number of likely N-dealkylation sites (tertiary alicyclic amines) is 1. The topological polar surface area (TPSA) is 49.8 Å². The SMILES string of the molecule is O=C(O)C1[C@H]2CN(C3CCc4cc(OCc5c(Cl)cccc5Cl)ccc43)C[C@@H]12. The van der Waals surface area contributed by atoms with E-state index < -0.39 is 5.97 Å². The maximum atomic E-state index is 11.2. The van der Waals surface area contributed by atoms with Crippen LogP contribution >= 0.6 is 23.2 Å². The van der Waals surface area contributed by atoms with Gasteiger partial charge in [-0.2, -0.15) is 0 Å². The minimum Gasteiger partial charge on any atom is -0.489 e. The van der Waals surface area contributed by atoms with Crippen LogP contribution in [0.15, 0.2) is 36.4 Å². The number of carboxylic acid groups (broad SMARTS) is 1. The van der Waals surface area contributed by atoms with E-state index >= 15 is 0 Å². The average Bonchev–Trinajstić information content (AvgIpc) is 3.01. The Bertz CT molecular complexity index is 915. The smallest absolute Gasteiger partial charge is 0.307 e. The fourth-order valence-electron chi connectivity index (χ4n) is 5.05. The summed E-state index contributed by atoms with van der Waals surface area (Å²) in [5, 5.41) is 10.4. The first-order valence-corrected chi connectivity index (χ1v) is 10.4. The van der Waals surface area contributed by atoms with Crippen molar-refractivity contribution >= 4 is 29.2 Å². The minimum absolute atomic E-state index is 0.107. The molecule has 146 valence electrons. The third-order valence-electron chi connectivity index (χ3n) is 6.55. The van der Waals surface area contributed by atoms with Crippen molar-refractivity contribution < 1.29 is 14.6 Å². The van der Waals surface area contributed by atoms with Gasteiger partial charge in [0.1, 0.15) is 12.4 Å². The minimum atomic E-state index is -0.623. The molecule has 0 amide bonds. The Balaban J connectivity index is 1.26. The number of aryl methyl sites for hydroxylation is 1. The van der Waals surface area contributed by atoms with Crippen LogP contribution in [0, 0.1) is 17.8 Å². The molecule has 1 N–H and O–H groups in total. The molecule has 4 atom stereocenters. The van der Waals surface area contributed by atoms with Crippen LogP contribution in [-0.4, -0.2) is 29.1 Å². The largest absolute Gasteiger partial charge is 0.489 e. The van der Waals surface area contributed by atoms with Crippen LogP contribution in [0.5, 0.6) is 5.75 Å². The number of carbonyl (C=O) groups is 1. The van der Waals surface area contributed by atoms with Crippen molar-refractivity contribution in [3.63, 3.8) is 0 Å². The summed E-state index contributed by atoms with van der Waals surface area (Å²) in [6.45, 7) is 2.16. The Morgan fingerprint density at radius 3 is 2.54 bits per heavy atom. The first kappa shape index (κ1) is 18.3. The third kappa shape index (κ3) is 3.08. The van der Waals surface area contributed by atoms with Crippen LogP contribution in [0.4, 0.5) is 0 Å². The number of piperidine rings is 1. The van der Waals surface area contributed by atoms with Gasteiger partial charge in [0.15, 0.2) is 0 Å². The highest BCUT2D eigenvalue weighted by Crippen LogP contribution is 2.54. The summed E-state index contributed by atoms with van der Waals surface area (Å²) in [6, 6.07) is 12.2. The normalized spacial score (nSPS) is 28.1. The zero-order valence-electron chi connectivity index (χ0n) is 15.3. The summed E-state index contributed by atoms with van der Waals surface area (Å²) >= 11 is 12.4. The van der Waals surface area contributed by atoms with E-state index in [1.165, 1.54) is 11.1 Å². The number of benzene rings is 2. The Labute approximate surface area is 174 Å². The quantitative estimate of drug-likeness (QED) is 0.757. The van der Waals surface area contributed by atoms with Crippen molar-refractivity contribution in [3.8, 4) is 5.75 Å². The van der Waals surface area contributed by atoms with E-state index in [1.807, 2.05) is 24.3 Å². The second kappa shape index (κ2) is 6.94. The fraction of sp³-hybridized carbons (Fsp3) is 0.409. The molecule has 1 heterocycles. The lowest BCUT2D eigenvalue weighted by atomic mass is 10.1. The molecule has 4 nitrogen and oxygen atoms in total. The van der Waals surface area contributed by atoms with Crippen LogP contribution < -0.4 is 4.74 Å². The standard InChI is InChI=1S/C22H21Cl2NO3/c23-18-2-1-3-19(24)17(18)11-28-13-5-6-14-12(8-13)4-7-20(14)25-9-15-16(10-25)21(15)22(26)27/h1-3,5-6,8,15-16,20-21H,4,7,9-11H2,(H,26,27)/t15-,16+,20?,21?. The van der Waals surface area contributed by atoms with E-state index in [2.05, 4.69) is 17.0 Å². The predicted octanol–water partition coefficient (Wildman–Crippen LogP) is 4.82. The molecule has 3 aliphatic rings. The summed E-state index contributed by atoms with van der Waals surface area (Å²) in [5.74, 6) is 0.797.